The van der Waals surface area contributed by atoms with E-state index in [1.54, 1.807) is 18.2 Å². The van der Waals surface area contributed by atoms with Crippen LogP contribution in [0.3, 0.4) is 0 Å². The number of hydrogen-bond acceptors (Lipinski definition) is 6. The monoisotopic (exact) mass is 368 g/mol. The van der Waals surface area contributed by atoms with E-state index in [0.29, 0.717) is 22.7 Å². The normalized spacial score (nSPS) is 17.7. The van der Waals surface area contributed by atoms with Crippen molar-refractivity contribution < 1.29 is 29.0 Å². The summed E-state index contributed by atoms with van der Waals surface area (Å²) in [6, 6.07) is 8.03. The van der Waals surface area contributed by atoms with E-state index < -0.39 is 5.97 Å². The second-order valence-electron chi connectivity index (χ2n) is 6.35. The number of aromatic hydroxyl groups is 1. The van der Waals surface area contributed by atoms with Gasteiger partial charge in [0.25, 0.3) is 5.91 Å². The molecule has 1 unspecified atom stereocenters. The largest absolute Gasteiger partial charge is 0.507 e. The lowest BCUT2D eigenvalue weighted by Gasteiger charge is -2.29. The Hall–Kier alpha value is -3.55. The lowest BCUT2D eigenvalue weighted by atomic mass is 9.83. The minimum Gasteiger partial charge on any atom is -0.507 e. The molecule has 0 fully saturated rings. The average Bonchev–Trinajstić information content (AvgIpc) is 2.65. The number of benzene rings is 2. The van der Waals surface area contributed by atoms with Gasteiger partial charge < -0.3 is 25.2 Å². The summed E-state index contributed by atoms with van der Waals surface area (Å²) in [5.74, 6) is -1.13. The zero-order valence-electron chi connectivity index (χ0n) is 14.4. The Bertz CT molecular complexity index is 984. The van der Waals surface area contributed by atoms with Gasteiger partial charge in [-0.2, -0.15) is 0 Å². The molecule has 2 aromatic carbocycles. The SMILES string of the molecule is COC(=O)c1cc(C2CC(=O)Nc3cc4c(cc32)OCC(=O)N4)ccc1O. The van der Waals surface area contributed by atoms with Crippen LogP contribution in [0.5, 0.6) is 11.5 Å². The molecule has 8 heteroatoms. The lowest BCUT2D eigenvalue weighted by molar-refractivity contribution is -0.118. The van der Waals surface area contributed by atoms with Crippen LogP contribution in [-0.2, 0) is 14.3 Å². The van der Waals surface area contributed by atoms with Gasteiger partial charge in [0.2, 0.25) is 5.91 Å². The Kier molecular flexibility index (Phi) is 3.95. The highest BCUT2D eigenvalue weighted by molar-refractivity contribution is 6.00. The van der Waals surface area contributed by atoms with E-state index in [-0.39, 0.29) is 42.1 Å². The molecular weight excluding hydrogens is 352 g/mol. The third-order valence-corrected chi connectivity index (χ3v) is 4.65. The number of carbonyl (C=O) groups excluding carboxylic acids is 3. The van der Waals surface area contributed by atoms with Crippen molar-refractivity contribution in [2.24, 2.45) is 0 Å². The summed E-state index contributed by atoms with van der Waals surface area (Å²) < 4.78 is 10.2. The number of phenolic OH excluding ortho intramolecular Hbond substituents is 1. The molecule has 2 aliphatic rings. The number of fused-ring (bicyclic) bond motifs is 2. The van der Waals surface area contributed by atoms with Gasteiger partial charge >= 0.3 is 5.97 Å². The molecule has 1 atom stereocenters. The van der Waals surface area contributed by atoms with Gasteiger partial charge in [-0.3, -0.25) is 9.59 Å². The van der Waals surface area contributed by atoms with E-state index in [0.717, 1.165) is 5.56 Å². The van der Waals surface area contributed by atoms with Crippen molar-refractivity contribution in [2.75, 3.05) is 24.4 Å². The summed E-state index contributed by atoms with van der Waals surface area (Å²) in [6.45, 7) is -0.0749. The van der Waals surface area contributed by atoms with Gasteiger partial charge in [0.1, 0.15) is 17.1 Å². The highest BCUT2D eigenvalue weighted by atomic mass is 16.5. The van der Waals surface area contributed by atoms with Crippen molar-refractivity contribution in [3.8, 4) is 11.5 Å². The van der Waals surface area contributed by atoms with Crippen LogP contribution in [0.1, 0.15) is 33.8 Å². The van der Waals surface area contributed by atoms with E-state index in [2.05, 4.69) is 10.6 Å². The smallest absolute Gasteiger partial charge is 0.341 e. The second-order valence-corrected chi connectivity index (χ2v) is 6.35. The average molecular weight is 368 g/mol. The van der Waals surface area contributed by atoms with Crippen molar-refractivity contribution in [3.05, 3.63) is 47.0 Å². The zero-order valence-corrected chi connectivity index (χ0v) is 14.4. The number of rotatable bonds is 2. The van der Waals surface area contributed by atoms with Crippen molar-refractivity contribution in [1.82, 2.24) is 0 Å². The van der Waals surface area contributed by atoms with Crippen molar-refractivity contribution in [1.29, 1.82) is 0 Å². The van der Waals surface area contributed by atoms with Crippen molar-refractivity contribution >= 4 is 29.2 Å². The van der Waals surface area contributed by atoms with Crippen LogP contribution in [0.25, 0.3) is 0 Å². The van der Waals surface area contributed by atoms with Gasteiger partial charge in [0, 0.05) is 18.0 Å². The minimum absolute atomic E-state index is 0.0315. The summed E-state index contributed by atoms with van der Waals surface area (Å²) in [7, 11) is 1.23. The zero-order chi connectivity index (χ0) is 19.1. The molecule has 0 saturated carbocycles. The molecule has 0 spiro atoms. The topological polar surface area (TPSA) is 114 Å². The third kappa shape index (κ3) is 2.95. The van der Waals surface area contributed by atoms with Crippen LogP contribution in [0.4, 0.5) is 11.4 Å². The quantitative estimate of drug-likeness (QED) is 0.699. The number of phenols is 1. The van der Waals surface area contributed by atoms with Crippen LogP contribution in [0.15, 0.2) is 30.3 Å². The van der Waals surface area contributed by atoms with E-state index in [4.69, 9.17) is 9.47 Å². The van der Waals surface area contributed by atoms with Gasteiger partial charge in [-0.15, -0.1) is 0 Å². The molecule has 138 valence electrons. The summed E-state index contributed by atoms with van der Waals surface area (Å²) in [5, 5.41) is 15.4. The molecule has 3 N–H and O–H groups in total. The minimum atomic E-state index is -0.661. The molecule has 2 amide bonds. The van der Waals surface area contributed by atoms with Crippen LogP contribution >= 0.6 is 0 Å². The molecular formula is C19H16N2O6. The number of nitrogens with one attached hydrogen (secondary N) is 2. The number of carbonyl (C=O) groups is 3. The fourth-order valence-corrected chi connectivity index (χ4v) is 3.38. The van der Waals surface area contributed by atoms with Gasteiger partial charge in [0.05, 0.1) is 12.8 Å². The maximum absolute atomic E-state index is 12.2. The predicted molar refractivity (Wildman–Crippen MR) is 95.1 cm³/mol. The molecule has 2 aliphatic heterocycles. The second kappa shape index (κ2) is 6.31. The maximum Gasteiger partial charge on any atom is 0.341 e. The van der Waals surface area contributed by atoms with Crippen LogP contribution in [0.2, 0.25) is 0 Å². The number of methoxy groups -OCH3 is 1. The maximum atomic E-state index is 12.2. The van der Waals surface area contributed by atoms with E-state index in [1.165, 1.54) is 19.2 Å². The molecule has 2 aromatic rings. The summed E-state index contributed by atoms with van der Waals surface area (Å²) in [5.41, 5.74) is 2.57. The van der Waals surface area contributed by atoms with Crippen molar-refractivity contribution in [3.63, 3.8) is 0 Å². The predicted octanol–water partition coefficient (Wildman–Crippen LogP) is 1.98. The van der Waals surface area contributed by atoms with Gasteiger partial charge in [0.15, 0.2) is 6.61 Å². The highest BCUT2D eigenvalue weighted by Crippen LogP contribution is 2.43. The first kappa shape index (κ1) is 16.9. The Balaban J connectivity index is 1.81. The third-order valence-electron chi connectivity index (χ3n) is 4.65. The lowest BCUT2D eigenvalue weighted by Crippen LogP contribution is -2.28. The number of anilines is 2. The Labute approximate surface area is 154 Å². The molecule has 4 rings (SSSR count). The molecule has 27 heavy (non-hydrogen) atoms. The van der Waals surface area contributed by atoms with Crippen LogP contribution < -0.4 is 15.4 Å². The van der Waals surface area contributed by atoms with E-state index >= 15 is 0 Å². The van der Waals surface area contributed by atoms with Gasteiger partial charge in [-0.25, -0.2) is 4.79 Å². The first-order chi connectivity index (χ1) is 13.0. The number of hydrogen-bond donors (Lipinski definition) is 3. The van der Waals surface area contributed by atoms with Crippen molar-refractivity contribution in [2.45, 2.75) is 12.3 Å². The first-order valence-corrected chi connectivity index (χ1v) is 8.28. The molecule has 2 heterocycles. The van der Waals surface area contributed by atoms with Crippen LogP contribution in [-0.4, -0.2) is 36.6 Å². The molecule has 0 bridgehead atoms. The van der Waals surface area contributed by atoms with Crippen LogP contribution in [0, 0.1) is 0 Å². The number of esters is 1. The van der Waals surface area contributed by atoms with E-state index in [1.807, 2.05) is 0 Å². The Morgan fingerprint density at radius 2 is 1.93 bits per heavy atom. The Morgan fingerprint density at radius 3 is 2.70 bits per heavy atom. The van der Waals surface area contributed by atoms with E-state index in [9.17, 15) is 19.5 Å². The fourth-order valence-electron chi connectivity index (χ4n) is 3.38. The fraction of sp³-hybridized carbons (Fsp3) is 0.211. The highest BCUT2D eigenvalue weighted by Gasteiger charge is 2.30. The molecule has 8 nitrogen and oxygen atoms in total. The molecule has 0 aliphatic carbocycles. The first-order valence-electron chi connectivity index (χ1n) is 8.28. The molecule has 0 saturated heterocycles. The number of ether oxygens (including phenoxy) is 2. The number of amides is 2. The van der Waals surface area contributed by atoms with Gasteiger partial charge in [-0.1, -0.05) is 6.07 Å². The molecule has 0 aromatic heterocycles. The molecule has 0 radical (unpaired) electrons. The summed E-state index contributed by atoms with van der Waals surface area (Å²) in [4.78, 5) is 35.6. The standard InChI is InChI=1S/C19H16N2O6/c1-26-19(25)12-4-9(2-3-15(12)22)10-6-17(23)20-13-7-14-16(5-11(10)13)27-8-18(24)21-14/h2-5,7,10,22H,6,8H2,1H3,(H,20,23)(H,21,24). The summed E-state index contributed by atoms with van der Waals surface area (Å²) >= 11 is 0. The van der Waals surface area contributed by atoms with Gasteiger partial charge in [-0.05, 0) is 35.4 Å². The Morgan fingerprint density at radius 1 is 1.15 bits per heavy atom. The summed E-state index contributed by atoms with van der Waals surface area (Å²) in [6.07, 6.45) is 0.170.